The number of aryl methyl sites for hydroxylation is 2. The van der Waals surface area contributed by atoms with Crippen LogP contribution in [-0.2, 0) is 24.4 Å². The third kappa shape index (κ3) is 4.25. The predicted molar refractivity (Wildman–Crippen MR) is 132 cm³/mol. The molecule has 0 radical (unpaired) electrons. The lowest BCUT2D eigenvalue weighted by Gasteiger charge is -2.43. The zero-order valence-electron chi connectivity index (χ0n) is 20.1. The molecular formula is C28H28N4O3. The molecule has 35 heavy (non-hydrogen) atoms. The Kier molecular flexibility index (Phi) is 5.76. The topological polar surface area (TPSA) is 80.4 Å². The van der Waals surface area contributed by atoms with E-state index in [1.807, 2.05) is 69.3 Å². The van der Waals surface area contributed by atoms with E-state index in [0.717, 1.165) is 22.3 Å². The van der Waals surface area contributed by atoms with Crippen molar-refractivity contribution in [3.8, 4) is 11.5 Å². The van der Waals surface area contributed by atoms with E-state index in [-0.39, 0.29) is 18.4 Å². The molecule has 0 aliphatic carbocycles. The summed E-state index contributed by atoms with van der Waals surface area (Å²) in [6.07, 6.45) is 1.57. The van der Waals surface area contributed by atoms with Crippen molar-refractivity contribution in [1.29, 1.82) is 0 Å². The largest absolute Gasteiger partial charge is 0.463 e. The third-order valence-corrected chi connectivity index (χ3v) is 6.72. The molecule has 5 rings (SSSR count). The van der Waals surface area contributed by atoms with E-state index in [1.54, 1.807) is 34.0 Å². The van der Waals surface area contributed by atoms with Gasteiger partial charge >= 0.3 is 0 Å². The molecule has 0 fully saturated rings. The maximum Gasteiger partial charge on any atom is 0.273 e. The average Bonchev–Trinajstić information content (AvgIpc) is 3.52. The molecule has 1 N–H and O–H groups in total. The molecule has 2 amide bonds. The van der Waals surface area contributed by atoms with Gasteiger partial charge in [0.05, 0.1) is 12.8 Å². The molecule has 178 valence electrons. The van der Waals surface area contributed by atoms with Crippen LogP contribution in [0.5, 0.6) is 0 Å². The first-order valence-electron chi connectivity index (χ1n) is 11.7. The number of hydrogen-bond donors (Lipinski definition) is 1. The van der Waals surface area contributed by atoms with Gasteiger partial charge in [-0.05, 0) is 49.6 Å². The van der Waals surface area contributed by atoms with Crippen molar-refractivity contribution in [2.75, 3.05) is 0 Å². The number of carbonyl (C=O) groups excluding carboxylic acids is 2. The normalized spacial score (nSPS) is 17.3. The molecule has 0 bridgehead atoms. The molecule has 1 aliphatic heterocycles. The second kappa shape index (κ2) is 8.91. The Morgan fingerprint density at radius 1 is 1.09 bits per heavy atom. The molecule has 4 aromatic rings. The Hall–Kier alpha value is -4.13. The lowest BCUT2D eigenvalue weighted by Crippen LogP contribution is -2.63. The first kappa shape index (κ1) is 22.7. The first-order valence-corrected chi connectivity index (χ1v) is 11.7. The van der Waals surface area contributed by atoms with Crippen molar-refractivity contribution in [3.63, 3.8) is 0 Å². The Labute approximate surface area is 204 Å². The van der Waals surface area contributed by atoms with Crippen molar-refractivity contribution < 1.29 is 14.0 Å². The molecule has 2 aromatic carbocycles. The quantitative estimate of drug-likeness (QED) is 0.452. The Morgan fingerprint density at radius 2 is 1.86 bits per heavy atom. The monoisotopic (exact) mass is 468 g/mol. The molecule has 0 saturated carbocycles. The molecule has 0 unspecified atom stereocenters. The molecule has 2 aromatic heterocycles. The summed E-state index contributed by atoms with van der Waals surface area (Å²) in [5.41, 5.74) is 4.10. The lowest BCUT2D eigenvalue weighted by molar-refractivity contribution is -0.133. The number of amides is 2. The van der Waals surface area contributed by atoms with Crippen LogP contribution in [0.1, 0.15) is 39.7 Å². The summed E-state index contributed by atoms with van der Waals surface area (Å²) in [5, 5.41) is 7.66. The second-order valence-electron chi connectivity index (χ2n) is 9.31. The van der Waals surface area contributed by atoms with Crippen molar-refractivity contribution in [3.05, 3.63) is 101 Å². The lowest BCUT2D eigenvalue weighted by atomic mass is 9.93. The number of fused-ring (bicyclic) bond motifs is 1. The van der Waals surface area contributed by atoms with Crippen molar-refractivity contribution in [2.24, 2.45) is 0 Å². The predicted octanol–water partition coefficient (Wildman–Crippen LogP) is 4.49. The van der Waals surface area contributed by atoms with Crippen LogP contribution in [-0.4, -0.2) is 32.0 Å². The number of nitrogens with zero attached hydrogens (tertiary/aromatic N) is 3. The highest BCUT2D eigenvalue weighted by molar-refractivity contribution is 6.00. The van der Waals surface area contributed by atoms with E-state index >= 15 is 0 Å². The summed E-state index contributed by atoms with van der Waals surface area (Å²) < 4.78 is 7.11. The van der Waals surface area contributed by atoms with E-state index in [9.17, 15) is 9.59 Å². The Morgan fingerprint density at radius 3 is 2.57 bits per heavy atom. The summed E-state index contributed by atoms with van der Waals surface area (Å²) in [5.74, 6) is 0.120. The minimum Gasteiger partial charge on any atom is -0.463 e. The van der Waals surface area contributed by atoms with E-state index in [2.05, 4.69) is 10.4 Å². The summed E-state index contributed by atoms with van der Waals surface area (Å²) >= 11 is 0. The highest BCUT2D eigenvalue weighted by Crippen LogP contribution is 2.32. The third-order valence-electron chi connectivity index (χ3n) is 6.72. The molecule has 0 spiro atoms. The minimum absolute atomic E-state index is 0.222. The Balaban J connectivity index is 1.49. The number of benzene rings is 2. The van der Waals surface area contributed by atoms with E-state index in [0.29, 0.717) is 30.2 Å². The van der Waals surface area contributed by atoms with E-state index in [4.69, 9.17) is 4.42 Å². The number of nitrogens with one attached hydrogen (secondary N) is 1. The van der Waals surface area contributed by atoms with Crippen LogP contribution in [0.25, 0.3) is 11.5 Å². The molecular weight excluding hydrogens is 440 g/mol. The van der Waals surface area contributed by atoms with Gasteiger partial charge in [0.25, 0.3) is 5.91 Å². The highest BCUT2D eigenvalue weighted by Gasteiger charge is 2.48. The van der Waals surface area contributed by atoms with Crippen LogP contribution in [0.3, 0.4) is 0 Å². The molecule has 3 heterocycles. The average molecular weight is 469 g/mol. The van der Waals surface area contributed by atoms with E-state index < -0.39 is 5.54 Å². The summed E-state index contributed by atoms with van der Waals surface area (Å²) in [6, 6.07) is 21.3. The summed E-state index contributed by atoms with van der Waals surface area (Å²) in [4.78, 5) is 29.1. The molecule has 0 saturated heterocycles. The fourth-order valence-electron chi connectivity index (χ4n) is 4.47. The first-order chi connectivity index (χ1) is 16.8. The van der Waals surface area contributed by atoms with Crippen molar-refractivity contribution in [2.45, 2.75) is 45.9 Å². The van der Waals surface area contributed by atoms with Gasteiger partial charge in [-0.15, -0.1) is 0 Å². The second-order valence-corrected chi connectivity index (χ2v) is 9.31. The number of carbonyl (C=O) groups is 2. The fraction of sp³-hybridized carbons (Fsp3) is 0.250. The van der Waals surface area contributed by atoms with Gasteiger partial charge in [0, 0.05) is 19.2 Å². The van der Waals surface area contributed by atoms with Gasteiger partial charge in [0.1, 0.15) is 16.9 Å². The standard InChI is InChI=1S/C28H28N4O3/c1-19-10-12-21(13-11-19)16-29-27(34)28(3)18-32-24(15-23(30-32)25-9-6-14-35-25)26(33)31(28)17-22-8-5-4-7-20(22)2/h4-15H,16-18H2,1-3H3,(H,29,34)/t28-/m0/s1. The van der Waals surface area contributed by atoms with Crippen LogP contribution in [0, 0.1) is 13.8 Å². The van der Waals surface area contributed by atoms with Gasteiger partial charge in [-0.2, -0.15) is 5.10 Å². The van der Waals surface area contributed by atoms with Gasteiger partial charge in [0.2, 0.25) is 5.91 Å². The summed E-state index contributed by atoms with van der Waals surface area (Å²) in [6.45, 7) is 6.79. The highest BCUT2D eigenvalue weighted by atomic mass is 16.3. The number of aromatic nitrogens is 2. The summed E-state index contributed by atoms with van der Waals surface area (Å²) in [7, 11) is 0. The fourth-order valence-corrected chi connectivity index (χ4v) is 4.47. The maximum absolute atomic E-state index is 13.8. The van der Waals surface area contributed by atoms with Gasteiger partial charge in [-0.1, -0.05) is 54.1 Å². The zero-order valence-corrected chi connectivity index (χ0v) is 20.1. The molecule has 7 nitrogen and oxygen atoms in total. The van der Waals surface area contributed by atoms with Crippen LogP contribution < -0.4 is 5.32 Å². The molecule has 1 aliphatic rings. The van der Waals surface area contributed by atoms with Gasteiger partial charge in [0.15, 0.2) is 5.76 Å². The SMILES string of the molecule is Cc1ccc(CNC(=O)[C@]2(C)Cn3nc(-c4ccco4)cc3C(=O)N2Cc2ccccc2C)cc1. The van der Waals surface area contributed by atoms with Crippen LogP contribution >= 0.6 is 0 Å². The minimum atomic E-state index is -1.14. The van der Waals surface area contributed by atoms with E-state index in [1.165, 1.54) is 0 Å². The van der Waals surface area contributed by atoms with Crippen molar-refractivity contribution in [1.82, 2.24) is 20.0 Å². The number of rotatable bonds is 6. The number of furan rings is 1. The molecule has 1 atom stereocenters. The smallest absolute Gasteiger partial charge is 0.273 e. The van der Waals surface area contributed by atoms with Crippen molar-refractivity contribution >= 4 is 11.8 Å². The zero-order chi connectivity index (χ0) is 24.6. The van der Waals surface area contributed by atoms with Gasteiger partial charge < -0.3 is 14.6 Å². The maximum atomic E-state index is 13.8. The van der Waals surface area contributed by atoms with Gasteiger partial charge in [-0.25, -0.2) is 0 Å². The Bertz CT molecular complexity index is 1370. The van der Waals surface area contributed by atoms with Crippen LogP contribution in [0.15, 0.2) is 77.4 Å². The van der Waals surface area contributed by atoms with Crippen LogP contribution in [0.4, 0.5) is 0 Å². The van der Waals surface area contributed by atoms with Crippen LogP contribution in [0.2, 0.25) is 0 Å². The van der Waals surface area contributed by atoms with Gasteiger partial charge in [-0.3, -0.25) is 14.3 Å². The number of hydrogen-bond acceptors (Lipinski definition) is 4. The molecule has 7 heteroatoms.